The lowest BCUT2D eigenvalue weighted by Gasteiger charge is -2.09. The van der Waals surface area contributed by atoms with Gasteiger partial charge in [0.2, 0.25) is 0 Å². The zero-order chi connectivity index (χ0) is 13.7. The smallest absolute Gasteiger partial charge is 0.138 e. The number of nitrogens with zero attached hydrogens (tertiary/aromatic N) is 1. The molecular weight excluding hydrogens is 240 g/mol. The van der Waals surface area contributed by atoms with Crippen LogP contribution in [-0.4, -0.2) is 17.6 Å². The van der Waals surface area contributed by atoms with Crippen molar-refractivity contribution in [3.05, 3.63) is 36.4 Å². The van der Waals surface area contributed by atoms with E-state index >= 15 is 0 Å². The number of hydrogen-bond donors (Lipinski definition) is 1. The molecule has 0 bridgehead atoms. The van der Waals surface area contributed by atoms with Crippen LogP contribution in [0.15, 0.2) is 35.0 Å². The minimum absolute atomic E-state index is 0.137. The fourth-order valence-electron chi connectivity index (χ4n) is 1.77. The topological polar surface area (TPSA) is 47.3 Å². The van der Waals surface area contributed by atoms with Gasteiger partial charge >= 0.3 is 0 Å². The summed E-state index contributed by atoms with van der Waals surface area (Å²) in [5, 5.41) is 3.23. The number of furan rings is 1. The third-order valence-corrected chi connectivity index (χ3v) is 2.58. The highest BCUT2D eigenvalue weighted by Gasteiger charge is 2.07. The Kier molecular flexibility index (Phi) is 4.58. The molecule has 0 saturated carbocycles. The number of ether oxygens (including phenoxy) is 1. The molecule has 2 aromatic heterocycles. The fraction of sp³-hybridized carbons (Fsp3) is 0.400. The van der Waals surface area contributed by atoms with Gasteiger partial charge in [0, 0.05) is 11.8 Å². The van der Waals surface area contributed by atoms with Crippen molar-refractivity contribution in [3.63, 3.8) is 0 Å². The van der Waals surface area contributed by atoms with Crippen molar-refractivity contribution in [3.8, 4) is 17.1 Å². The van der Waals surface area contributed by atoms with Gasteiger partial charge in [-0.25, -0.2) is 0 Å². The van der Waals surface area contributed by atoms with E-state index in [2.05, 4.69) is 17.2 Å². The summed E-state index contributed by atoms with van der Waals surface area (Å²) < 4.78 is 11.4. The monoisotopic (exact) mass is 260 g/mol. The summed E-state index contributed by atoms with van der Waals surface area (Å²) >= 11 is 0. The Balaban J connectivity index is 2.14. The third kappa shape index (κ3) is 3.83. The van der Waals surface area contributed by atoms with Crippen LogP contribution in [0.4, 0.5) is 0 Å². The molecule has 0 aliphatic heterocycles. The molecule has 102 valence electrons. The van der Waals surface area contributed by atoms with Gasteiger partial charge in [0.25, 0.3) is 0 Å². The van der Waals surface area contributed by atoms with Crippen molar-refractivity contribution in [1.29, 1.82) is 0 Å². The molecule has 0 unspecified atom stereocenters. The second kappa shape index (κ2) is 6.38. The number of aromatic nitrogens is 1. The average Bonchev–Trinajstić information content (AvgIpc) is 2.84. The average molecular weight is 260 g/mol. The summed E-state index contributed by atoms with van der Waals surface area (Å²) in [5.74, 6) is 2.50. The SMILES string of the molecule is CCNCc1ccc(-c2cncc(OC(C)C)c2)o1. The van der Waals surface area contributed by atoms with Gasteiger partial charge in [0.1, 0.15) is 17.3 Å². The molecule has 0 aromatic carbocycles. The summed E-state index contributed by atoms with van der Waals surface area (Å²) in [7, 11) is 0. The van der Waals surface area contributed by atoms with E-state index in [0.717, 1.165) is 35.9 Å². The number of pyridine rings is 1. The van der Waals surface area contributed by atoms with Gasteiger partial charge in [-0.2, -0.15) is 0 Å². The van der Waals surface area contributed by atoms with E-state index in [1.54, 1.807) is 12.4 Å². The highest BCUT2D eigenvalue weighted by Crippen LogP contribution is 2.25. The van der Waals surface area contributed by atoms with Crippen molar-refractivity contribution in [1.82, 2.24) is 10.3 Å². The van der Waals surface area contributed by atoms with E-state index < -0.39 is 0 Å². The van der Waals surface area contributed by atoms with E-state index in [9.17, 15) is 0 Å². The highest BCUT2D eigenvalue weighted by atomic mass is 16.5. The molecule has 0 aliphatic rings. The van der Waals surface area contributed by atoms with E-state index in [0.29, 0.717) is 0 Å². The summed E-state index contributed by atoms with van der Waals surface area (Å²) in [4.78, 5) is 4.18. The van der Waals surface area contributed by atoms with Gasteiger partial charge in [0.15, 0.2) is 0 Å². The summed E-state index contributed by atoms with van der Waals surface area (Å²) in [6.07, 6.45) is 3.63. The first-order valence-electron chi connectivity index (χ1n) is 6.60. The number of hydrogen-bond acceptors (Lipinski definition) is 4. The van der Waals surface area contributed by atoms with Crippen LogP contribution >= 0.6 is 0 Å². The molecule has 4 heteroatoms. The Bertz CT molecular complexity index is 520. The van der Waals surface area contributed by atoms with E-state index in [1.165, 1.54) is 0 Å². The van der Waals surface area contributed by atoms with E-state index in [1.807, 2.05) is 32.0 Å². The molecule has 0 fully saturated rings. The molecule has 0 amide bonds. The predicted molar refractivity (Wildman–Crippen MR) is 75.1 cm³/mol. The van der Waals surface area contributed by atoms with Gasteiger partial charge in [-0.3, -0.25) is 4.98 Å². The molecule has 0 spiro atoms. The molecule has 4 nitrogen and oxygen atoms in total. The van der Waals surface area contributed by atoms with Crippen molar-refractivity contribution in [2.75, 3.05) is 6.54 Å². The maximum absolute atomic E-state index is 5.77. The third-order valence-electron chi connectivity index (χ3n) is 2.58. The van der Waals surface area contributed by atoms with Crippen LogP contribution in [0, 0.1) is 0 Å². The molecule has 19 heavy (non-hydrogen) atoms. The Morgan fingerprint density at radius 3 is 2.89 bits per heavy atom. The van der Waals surface area contributed by atoms with Gasteiger partial charge < -0.3 is 14.5 Å². The summed E-state index contributed by atoms with van der Waals surface area (Å²) in [6, 6.07) is 5.89. The second-order valence-electron chi connectivity index (χ2n) is 4.62. The quantitative estimate of drug-likeness (QED) is 0.866. The summed E-state index contributed by atoms with van der Waals surface area (Å²) in [5.41, 5.74) is 0.931. The first-order chi connectivity index (χ1) is 9.19. The largest absolute Gasteiger partial charge is 0.489 e. The molecule has 0 saturated heterocycles. The Morgan fingerprint density at radius 1 is 1.32 bits per heavy atom. The van der Waals surface area contributed by atoms with Crippen LogP contribution in [0.1, 0.15) is 26.5 Å². The van der Waals surface area contributed by atoms with Crippen LogP contribution in [0.2, 0.25) is 0 Å². The maximum Gasteiger partial charge on any atom is 0.138 e. The lowest BCUT2D eigenvalue weighted by molar-refractivity contribution is 0.241. The van der Waals surface area contributed by atoms with Crippen molar-refractivity contribution in [2.45, 2.75) is 33.4 Å². The van der Waals surface area contributed by atoms with E-state index in [-0.39, 0.29) is 6.10 Å². The minimum Gasteiger partial charge on any atom is -0.489 e. The van der Waals surface area contributed by atoms with Crippen molar-refractivity contribution in [2.24, 2.45) is 0 Å². The Morgan fingerprint density at radius 2 is 2.16 bits per heavy atom. The Hall–Kier alpha value is -1.81. The number of nitrogens with one attached hydrogen (secondary N) is 1. The zero-order valence-corrected chi connectivity index (χ0v) is 11.6. The van der Waals surface area contributed by atoms with Crippen LogP contribution in [0.25, 0.3) is 11.3 Å². The van der Waals surface area contributed by atoms with Crippen LogP contribution in [0.3, 0.4) is 0 Å². The standard InChI is InChI=1S/C15H20N2O2/c1-4-16-9-13-5-6-15(19-13)12-7-14(10-17-8-12)18-11(2)3/h5-8,10-11,16H,4,9H2,1-3H3. The first-order valence-corrected chi connectivity index (χ1v) is 6.60. The van der Waals surface area contributed by atoms with Gasteiger partial charge in [-0.05, 0) is 38.6 Å². The van der Waals surface area contributed by atoms with Crippen molar-refractivity contribution >= 4 is 0 Å². The van der Waals surface area contributed by atoms with Crippen LogP contribution in [0.5, 0.6) is 5.75 Å². The lowest BCUT2D eigenvalue weighted by atomic mass is 10.2. The molecule has 1 N–H and O–H groups in total. The van der Waals surface area contributed by atoms with Crippen LogP contribution < -0.4 is 10.1 Å². The van der Waals surface area contributed by atoms with Gasteiger partial charge in [-0.15, -0.1) is 0 Å². The molecule has 2 aromatic rings. The molecule has 2 rings (SSSR count). The number of rotatable bonds is 6. The predicted octanol–water partition coefficient (Wildman–Crippen LogP) is 3.24. The zero-order valence-electron chi connectivity index (χ0n) is 11.6. The highest BCUT2D eigenvalue weighted by molar-refractivity contribution is 5.58. The molecule has 0 radical (unpaired) electrons. The van der Waals surface area contributed by atoms with E-state index in [4.69, 9.17) is 9.15 Å². The lowest BCUT2D eigenvalue weighted by Crippen LogP contribution is -2.10. The Labute approximate surface area is 113 Å². The van der Waals surface area contributed by atoms with Gasteiger partial charge in [0.05, 0.1) is 18.8 Å². The molecular formula is C15H20N2O2. The summed E-state index contributed by atoms with van der Waals surface area (Å²) in [6.45, 7) is 7.73. The molecule has 2 heterocycles. The normalized spacial score (nSPS) is 10.9. The maximum atomic E-state index is 5.77. The van der Waals surface area contributed by atoms with Gasteiger partial charge in [-0.1, -0.05) is 6.92 Å². The van der Waals surface area contributed by atoms with Crippen LogP contribution in [-0.2, 0) is 6.54 Å². The van der Waals surface area contributed by atoms with Crippen molar-refractivity contribution < 1.29 is 9.15 Å². The fourth-order valence-corrected chi connectivity index (χ4v) is 1.77. The first kappa shape index (κ1) is 13.6. The molecule has 0 atom stereocenters. The molecule has 0 aliphatic carbocycles. The minimum atomic E-state index is 0.137. The second-order valence-corrected chi connectivity index (χ2v) is 4.62.